The first kappa shape index (κ1) is 21.5. The molecule has 1 aliphatic rings. The van der Waals surface area contributed by atoms with Crippen LogP contribution in [0.1, 0.15) is 32.3 Å². The van der Waals surface area contributed by atoms with Crippen LogP contribution < -0.4 is 15.4 Å². The van der Waals surface area contributed by atoms with E-state index in [0.717, 1.165) is 24.7 Å². The van der Waals surface area contributed by atoms with Crippen LogP contribution in [-0.2, 0) is 16.0 Å². The number of hydrogen-bond acceptors (Lipinski definition) is 4. The lowest BCUT2D eigenvalue weighted by Crippen LogP contribution is -2.38. The minimum absolute atomic E-state index is 0. The molecule has 0 saturated heterocycles. The lowest BCUT2D eigenvalue weighted by molar-refractivity contribution is -0.143. The van der Waals surface area contributed by atoms with Crippen LogP contribution in [0.3, 0.4) is 0 Å². The standard InChI is InChI=1S/C18H27N3O3.HI/c1-3-19-18(20-11-7-10-17(22)23-4-2)21-13-15-12-14-8-5-6-9-16(14)24-15;/h5-6,8-9,15H,3-4,7,10-13H2,1-2H3,(H2,19,20,21);1H. The fourth-order valence-electron chi connectivity index (χ4n) is 2.56. The Labute approximate surface area is 166 Å². The number of halogens is 1. The molecule has 7 heteroatoms. The highest BCUT2D eigenvalue weighted by Gasteiger charge is 2.21. The highest BCUT2D eigenvalue weighted by molar-refractivity contribution is 14.0. The monoisotopic (exact) mass is 461 g/mol. The zero-order chi connectivity index (χ0) is 17.2. The second-order valence-corrected chi connectivity index (χ2v) is 5.61. The molecule has 25 heavy (non-hydrogen) atoms. The predicted octanol–water partition coefficient (Wildman–Crippen LogP) is 2.51. The lowest BCUT2D eigenvalue weighted by Gasteiger charge is -2.13. The quantitative estimate of drug-likeness (QED) is 0.205. The van der Waals surface area contributed by atoms with Crippen molar-refractivity contribution in [2.24, 2.45) is 4.99 Å². The van der Waals surface area contributed by atoms with E-state index < -0.39 is 0 Å². The molecule has 140 valence electrons. The summed E-state index contributed by atoms with van der Waals surface area (Å²) in [5.74, 6) is 1.56. The third-order valence-electron chi connectivity index (χ3n) is 3.67. The molecular weight excluding hydrogens is 433 g/mol. The van der Waals surface area contributed by atoms with Crippen molar-refractivity contribution in [2.75, 3.05) is 26.2 Å². The van der Waals surface area contributed by atoms with E-state index in [1.165, 1.54) is 5.56 Å². The molecule has 0 amide bonds. The molecule has 1 unspecified atom stereocenters. The number of aliphatic imine (C=N–C) groups is 1. The molecule has 0 bridgehead atoms. The predicted molar refractivity (Wildman–Crippen MR) is 110 cm³/mol. The SMILES string of the molecule is CCNC(=NCC1Cc2ccccc2O1)NCCCC(=O)OCC.I. The van der Waals surface area contributed by atoms with Crippen molar-refractivity contribution in [2.45, 2.75) is 39.2 Å². The molecule has 0 aromatic heterocycles. The summed E-state index contributed by atoms with van der Waals surface area (Å²) >= 11 is 0. The number of esters is 1. The highest BCUT2D eigenvalue weighted by Crippen LogP contribution is 2.28. The Bertz CT molecular complexity index is 541. The third-order valence-corrected chi connectivity index (χ3v) is 3.67. The minimum Gasteiger partial charge on any atom is -0.488 e. The van der Waals surface area contributed by atoms with Crippen LogP contribution in [0, 0.1) is 0 Å². The number of nitrogens with one attached hydrogen (secondary N) is 2. The first-order chi connectivity index (χ1) is 11.7. The number of para-hydroxylation sites is 1. The number of hydrogen-bond donors (Lipinski definition) is 2. The average molecular weight is 461 g/mol. The van der Waals surface area contributed by atoms with E-state index in [1.807, 2.05) is 32.0 Å². The molecule has 6 nitrogen and oxygen atoms in total. The normalized spacial score (nSPS) is 15.6. The van der Waals surface area contributed by atoms with Crippen LogP contribution in [0.4, 0.5) is 0 Å². The van der Waals surface area contributed by atoms with Gasteiger partial charge < -0.3 is 20.1 Å². The molecule has 1 heterocycles. The lowest BCUT2D eigenvalue weighted by atomic mass is 10.1. The third kappa shape index (κ3) is 7.50. The van der Waals surface area contributed by atoms with Gasteiger partial charge in [-0.15, -0.1) is 24.0 Å². The molecule has 0 spiro atoms. The second-order valence-electron chi connectivity index (χ2n) is 5.61. The summed E-state index contributed by atoms with van der Waals surface area (Å²) in [7, 11) is 0. The van der Waals surface area contributed by atoms with Crippen LogP contribution in [0.2, 0.25) is 0 Å². The molecule has 1 aromatic carbocycles. The first-order valence-corrected chi connectivity index (χ1v) is 8.65. The maximum absolute atomic E-state index is 11.3. The molecule has 0 aliphatic carbocycles. The molecular formula is C18H28IN3O3. The summed E-state index contributed by atoms with van der Waals surface area (Å²) in [6.45, 7) is 6.33. The Balaban J connectivity index is 0.00000312. The smallest absolute Gasteiger partial charge is 0.305 e. The van der Waals surface area contributed by atoms with Crippen LogP contribution in [0.25, 0.3) is 0 Å². The van der Waals surface area contributed by atoms with Crippen LogP contribution in [0.15, 0.2) is 29.3 Å². The summed E-state index contributed by atoms with van der Waals surface area (Å²) in [6, 6.07) is 8.11. The fourth-order valence-corrected chi connectivity index (χ4v) is 2.56. The Morgan fingerprint density at radius 2 is 2.12 bits per heavy atom. The number of carbonyl (C=O) groups is 1. The fraction of sp³-hybridized carbons (Fsp3) is 0.556. The van der Waals surface area contributed by atoms with Gasteiger partial charge in [0.1, 0.15) is 11.9 Å². The van der Waals surface area contributed by atoms with Crippen LogP contribution in [0.5, 0.6) is 5.75 Å². The number of benzene rings is 1. The van der Waals surface area contributed by atoms with E-state index in [4.69, 9.17) is 9.47 Å². The van der Waals surface area contributed by atoms with Gasteiger partial charge in [-0.3, -0.25) is 4.79 Å². The van der Waals surface area contributed by atoms with Gasteiger partial charge in [0.05, 0.1) is 13.2 Å². The van der Waals surface area contributed by atoms with Crippen LogP contribution in [-0.4, -0.2) is 44.3 Å². The Hall–Kier alpha value is -1.51. The van der Waals surface area contributed by atoms with E-state index in [2.05, 4.69) is 21.7 Å². The maximum atomic E-state index is 11.3. The van der Waals surface area contributed by atoms with Gasteiger partial charge in [0.2, 0.25) is 0 Å². The Morgan fingerprint density at radius 3 is 2.84 bits per heavy atom. The molecule has 0 fully saturated rings. The van der Waals surface area contributed by atoms with Crippen molar-refractivity contribution in [1.29, 1.82) is 0 Å². The molecule has 1 atom stereocenters. The molecule has 2 N–H and O–H groups in total. The molecule has 0 saturated carbocycles. The van der Waals surface area contributed by atoms with E-state index >= 15 is 0 Å². The Morgan fingerprint density at radius 1 is 1.32 bits per heavy atom. The topological polar surface area (TPSA) is 72.0 Å². The Kier molecular flexibility index (Phi) is 10.3. The summed E-state index contributed by atoms with van der Waals surface area (Å²) in [6.07, 6.45) is 2.11. The average Bonchev–Trinajstić information content (AvgIpc) is 2.99. The van der Waals surface area contributed by atoms with Gasteiger partial charge in [0.15, 0.2) is 5.96 Å². The van der Waals surface area contributed by atoms with Crippen molar-refractivity contribution < 1.29 is 14.3 Å². The van der Waals surface area contributed by atoms with Crippen molar-refractivity contribution in [1.82, 2.24) is 10.6 Å². The number of rotatable bonds is 8. The number of fused-ring (bicyclic) bond motifs is 1. The van der Waals surface area contributed by atoms with Crippen molar-refractivity contribution >= 4 is 35.9 Å². The van der Waals surface area contributed by atoms with E-state index in [-0.39, 0.29) is 36.0 Å². The summed E-state index contributed by atoms with van der Waals surface area (Å²) in [5.41, 5.74) is 1.24. The molecule has 2 rings (SSSR count). The van der Waals surface area contributed by atoms with Crippen molar-refractivity contribution in [3.63, 3.8) is 0 Å². The van der Waals surface area contributed by atoms with Crippen molar-refractivity contribution in [3.8, 4) is 5.75 Å². The van der Waals surface area contributed by atoms with E-state index in [0.29, 0.717) is 32.5 Å². The largest absolute Gasteiger partial charge is 0.488 e. The maximum Gasteiger partial charge on any atom is 0.305 e. The molecule has 1 aromatic rings. The highest BCUT2D eigenvalue weighted by atomic mass is 127. The van der Waals surface area contributed by atoms with Crippen molar-refractivity contribution in [3.05, 3.63) is 29.8 Å². The van der Waals surface area contributed by atoms with Gasteiger partial charge in [-0.1, -0.05) is 18.2 Å². The van der Waals surface area contributed by atoms with Gasteiger partial charge in [-0.05, 0) is 31.9 Å². The zero-order valence-electron chi connectivity index (χ0n) is 14.9. The number of carbonyl (C=O) groups excluding carboxylic acids is 1. The molecule has 0 radical (unpaired) electrons. The number of ether oxygens (including phenoxy) is 2. The second kappa shape index (κ2) is 11.9. The minimum atomic E-state index is -0.154. The van der Waals surface area contributed by atoms with Gasteiger partial charge in [-0.2, -0.15) is 0 Å². The summed E-state index contributed by atoms with van der Waals surface area (Å²) in [5, 5.41) is 6.45. The summed E-state index contributed by atoms with van der Waals surface area (Å²) in [4.78, 5) is 15.9. The van der Waals surface area contributed by atoms with Gasteiger partial charge >= 0.3 is 5.97 Å². The van der Waals surface area contributed by atoms with E-state index in [9.17, 15) is 4.79 Å². The van der Waals surface area contributed by atoms with E-state index in [1.54, 1.807) is 0 Å². The number of guanidine groups is 1. The molecule has 1 aliphatic heterocycles. The number of nitrogens with zero attached hydrogens (tertiary/aromatic N) is 1. The van der Waals surface area contributed by atoms with Gasteiger partial charge in [0.25, 0.3) is 0 Å². The summed E-state index contributed by atoms with van der Waals surface area (Å²) < 4.78 is 10.8. The van der Waals surface area contributed by atoms with Gasteiger partial charge in [0, 0.05) is 25.9 Å². The van der Waals surface area contributed by atoms with Crippen LogP contribution >= 0.6 is 24.0 Å². The zero-order valence-corrected chi connectivity index (χ0v) is 17.2. The van der Waals surface area contributed by atoms with Gasteiger partial charge in [-0.25, -0.2) is 4.99 Å². The first-order valence-electron chi connectivity index (χ1n) is 8.65.